The number of hydrogen-bond donors (Lipinski definition) is 1. The van der Waals surface area contributed by atoms with Crippen molar-refractivity contribution in [1.82, 2.24) is 5.32 Å². The first-order valence-electron chi connectivity index (χ1n) is 5.60. The predicted octanol–water partition coefficient (Wildman–Crippen LogP) is 2.19. The molecule has 0 spiro atoms. The van der Waals surface area contributed by atoms with Crippen LogP contribution in [0.1, 0.15) is 24.0 Å². The van der Waals surface area contributed by atoms with E-state index in [1.54, 1.807) is 0 Å². The molecule has 1 aromatic carbocycles. The molecule has 0 aliphatic carbocycles. The molecule has 0 bridgehead atoms. The lowest BCUT2D eigenvalue weighted by atomic mass is 10.0. The summed E-state index contributed by atoms with van der Waals surface area (Å²) in [5, 5.41) is 3.17. The highest BCUT2D eigenvalue weighted by molar-refractivity contribution is 7.67. The van der Waals surface area contributed by atoms with Crippen molar-refractivity contribution in [3.8, 4) is 0 Å². The summed E-state index contributed by atoms with van der Waals surface area (Å²) in [6.45, 7) is 0.843. The van der Waals surface area contributed by atoms with E-state index in [1.165, 1.54) is 12.1 Å². The molecule has 0 radical (unpaired) electrons. The average molecular weight is 275 g/mol. The van der Waals surface area contributed by atoms with Gasteiger partial charge in [-0.15, -0.1) is 0 Å². The molecule has 0 unspecified atom stereocenters. The molecule has 2 nitrogen and oxygen atoms in total. The van der Waals surface area contributed by atoms with Gasteiger partial charge in [-0.2, -0.15) is 13.2 Å². The van der Waals surface area contributed by atoms with Crippen LogP contribution < -0.4 is 5.32 Å². The zero-order valence-corrected chi connectivity index (χ0v) is 10.3. The van der Waals surface area contributed by atoms with E-state index < -0.39 is 11.7 Å². The maximum absolute atomic E-state index is 12.4. The molecule has 0 amide bonds. The maximum atomic E-state index is 12.4. The molecule has 18 heavy (non-hydrogen) atoms. The Bertz CT molecular complexity index is 471. The fourth-order valence-electron chi connectivity index (χ4n) is 2.04. The van der Waals surface area contributed by atoms with E-state index in [2.05, 4.69) is 5.32 Å². The van der Waals surface area contributed by atoms with Gasteiger partial charge in [-0.25, -0.2) is 4.21 Å². The lowest BCUT2D eigenvalue weighted by Gasteiger charge is -2.12. The molecular formula is C12H12F3NOS. The zero-order valence-electron chi connectivity index (χ0n) is 9.46. The Balaban J connectivity index is 2.25. The van der Waals surface area contributed by atoms with Crippen LogP contribution in [0.5, 0.6) is 0 Å². The summed E-state index contributed by atoms with van der Waals surface area (Å²) in [5.74, 6) is 0. The molecular weight excluding hydrogens is 263 g/mol. The lowest BCUT2D eigenvalue weighted by Crippen LogP contribution is -2.31. The standard InChI is InChI=1S/C12H12F3NOS/c13-12(14,15)9-5-3-8(4-6-9)11(18-17)10-2-1-7-16-10/h3-6,10,16H,1-2,7H2/t10-/m0/s1. The highest BCUT2D eigenvalue weighted by Gasteiger charge is 2.30. The van der Waals surface area contributed by atoms with Crippen molar-refractivity contribution in [1.29, 1.82) is 0 Å². The van der Waals surface area contributed by atoms with Crippen LogP contribution in [0.25, 0.3) is 0 Å². The highest BCUT2D eigenvalue weighted by Crippen LogP contribution is 2.29. The van der Waals surface area contributed by atoms with Crippen LogP contribution in [0, 0.1) is 0 Å². The second kappa shape index (κ2) is 5.24. The van der Waals surface area contributed by atoms with Gasteiger partial charge in [0.05, 0.1) is 21.7 Å². The van der Waals surface area contributed by atoms with Crippen molar-refractivity contribution in [3.63, 3.8) is 0 Å². The maximum Gasteiger partial charge on any atom is 0.416 e. The van der Waals surface area contributed by atoms with Gasteiger partial charge in [-0.05, 0) is 37.1 Å². The third kappa shape index (κ3) is 2.81. The van der Waals surface area contributed by atoms with Crippen LogP contribution in [0.4, 0.5) is 13.2 Å². The summed E-state index contributed by atoms with van der Waals surface area (Å²) in [6, 6.07) is 4.73. The number of alkyl halides is 3. The zero-order chi connectivity index (χ0) is 13.2. The van der Waals surface area contributed by atoms with E-state index in [-0.39, 0.29) is 6.04 Å². The van der Waals surface area contributed by atoms with Crippen molar-refractivity contribution in [2.24, 2.45) is 0 Å². The first-order valence-corrected chi connectivity index (χ1v) is 6.34. The first kappa shape index (κ1) is 13.3. The number of hydrogen-bond acceptors (Lipinski definition) is 2. The van der Waals surface area contributed by atoms with E-state index in [1.807, 2.05) is 0 Å². The van der Waals surface area contributed by atoms with Crippen molar-refractivity contribution >= 4 is 16.1 Å². The van der Waals surface area contributed by atoms with Crippen LogP contribution in [0.3, 0.4) is 0 Å². The largest absolute Gasteiger partial charge is 0.416 e. The second-order valence-electron chi connectivity index (χ2n) is 4.17. The fraction of sp³-hybridized carbons (Fsp3) is 0.417. The summed E-state index contributed by atoms with van der Waals surface area (Å²) in [5.41, 5.74) is -0.122. The van der Waals surface area contributed by atoms with Gasteiger partial charge < -0.3 is 5.32 Å². The molecule has 0 saturated carbocycles. The molecule has 1 atom stereocenters. The van der Waals surface area contributed by atoms with Crippen LogP contribution in [-0.4, -0.2) is 21.7 Å². The molecule has 1 aliphatic heterocycles. The number of rotatable bonds is 2. The molecule has 98 valence electrons. The van der Waals surface area contributed by atoms with Gasteiger partial charge in [0.15, 0.2) is 0 Å². The minimum Gasteiger partial charge on any atom is -0.309 e. The Labute approximate surface area is 106 Å². The Kier molecular flexibility index (Phi) is 3.87. The van der Waals surface area contributed by atoms with Gasteiger partial charge in [0.2, 0.25) is 0 Å². The molecule has 1 fully saturated rings. The van der Waals surface area contributed by atoms with Crippen molar-refractivity contribution < 1.29 is 17.4 Å². The van der Waals surface area contributed by atoms with Gasteiger partial charge in [-0.1, -0.05) is 12.1 Å². The number of halogens is 3. The van der Waals surface area contributed by atoms with E-state index >= 15 is 0 Å². The van der Waals surface area contributed by atoms with Gasteiger partial charge in [-0.3, -0.25) is 0 Å². The van der Waals surface area contributed by atoms with E-state index in [0.717, 1.165) is 31.5 Å². The summed E-state index contributed by atoms with van der Waals surface area (Å²) in [4.78, 5) is 0.571. The molecule has 2 rings (SSSR count). The predicted molar refractivity (Wildman–Crippen MR) is 64.7 cm³/mol. The normalized spacial score (nSPS) is 19.8. The summed E-state index contributed by atoms with van der Waals surface area (Å²) in [6.07, 6.45) is -2.50. The molecule has 1 saturated heterocycles. The van der Waals surface area contributed by atoms with Gasteiger partial charge in [0.1, 0.15) is 0 Å². The Morgan fingerprint density at radius 3 is 2.39 bits per heavy atom. The van der Waals surface area contributed by atoms with E-state index in [0.29, 0.717) is 21.7 Å². The van der Waals surface area contributed by atoms with Gasteiger partial charge in [0.25, 0.3) is 0 Å². The third-order valence-electron chi connectivity index (χ3n) is 2.96. The number of benzene rings is 1. The Hall–Kier alpha value is -1.14. The quantitative estimate of drug-likeness (QED) is 0.662. The monoisotopic (exact) mass is 275 g/mol. The summed E-state index contributed by atoms with van der Waals surface area (Å²) < 4.78 is 48.4. The van der Waals surface area contributed by atoms with E-state index in [4.69, 9.17) is 0 Å². The van der Waals surface area contributed by atoms with Gasteiger partial charge >= 0.3 is 6.18 Å². The van der Waals surface area contributed by atoms with E-state index in [9.17, 15) is 17.4 Å². The molecule has 6 heteroatoms. The average Bonchev–Trinajstić information content (AvgIpc) is 2.83. The van der Waals surface area contributed by atoms with Crippen molar-refractivity contribution in [2.75, 3.05) is 6.54 Å². The minimum atomic E-state index is -4.34. The van der Waals surface area contributed by atoms with Crippen LogP contribution in [-0.2, 0) is 17.4 Å². The lowest BCUT2D eigenvalue weighted by molar-refractivity contribution is -0.137. The smallest absolute Gasteiger partial charge is 0.309 e. The first-order chi connectivity index (χ1) is 8.52. The second-order valence-corrected chi connectivity index (χ2v) is 4.78. The van der Waals surface area contributed by atoms with Crippen molar-refractivity contribution in [2.45, 2.75) is 25.1 Å². The van der Waals surface area contributed by atoms with Crippen LogP contribution >= 0.6 is 0 Å². The molecule has 1 aliphatic rings. The summed E-state index contributed by atoms with van der Waals surface area (Å²) >= 11 is 0.357. The molecule has 1 heterocycles. The molecule has 1 N–H and O–H groups in total. The topological polar surface area (TPSA) is 29.1 Å². The molecule has 1 aromatic rings. The molecule has 0 aromatic heterocycles. The third-order valence-corrected chi connectivity index (χ3v) is 3.66. The van der Waals surface area contributed by atoms with Crippen LogP contribution in [0.2, 0.25) is 0 Å². The Morgan fingerprint density at radius 2 is 1.94 bits per heavy atom. The SMILES string of the molecule is O=S=C(c1ccc(C(F)(F)F)cc1)[C@@H]1CCCN1. The Morgan fingerprint density at radius 1 is 1.28 bits per heavy atom. The number of nitrogens with one attached hydrogen (secondary N) is 1. The fourth-order valence-corrected chi connectivity index (χ4v) is 2.59. The highest BCUT2D eigenvalue weighted by atomic mass is 32.1. The van der Waals surface area contributed by atoms with Crippen molar-refractivity contribution in [3.05, 3.63) is 35.4 Å². The minimum absolute atomic E-state index is 0.0239. The van der Waals surface area contributed by atoms with Crippen LogP contribution in [0.15, 0.2) is 24.3 Å². The van der Waals surface area contributed by atoms with Gasteiger partial charge in [0, 0.05) is 6.04 Å². The summed E-state index contributed by atoms with van der Waals surface area (Å²) in [7, 11) is 0.